The van der Waals surface area contributed by atoms with Crippen LogP contribution in [0.25, 0.3) is 0 Å². The van der Waals surface area contributed by atoms with E-state index < -0.39 is 6.04 Å². The molecule has 0 saturated carbocycles. The number of hydrogen-bond donors (Lipinski definition) is 0. The molecule has 0 spiro atoms. The minimum atomic E-state index is -0.519. The van der Waals surface area contributed by atoms with E-state index in [1.54, 1.807) is 19.1 Å². The molecule has 1 aromatic carbocycles. The number of ether oxygens (including phenoxy) is 3. The van der Waals surface area contributed by atoms with Crippen LogP contribution in [-0.2, 0) is 14.3 Å². The zero-order chi connectivity index (χ0) is 25.8. The van der Waals surface area contributed by atoms with Crippen molar-refractivity contribution in [3.63, 3.8) is 0 Å². The molecule has 0 aliphatic carbocycles. The summed E-state index contributed by atoms with van der Waals surface area (Å²) in [5, 5.41) is 2.71. The van der Waals surface area contributed by atoms with Crippen LogP contribution in [0.4, 0.5) is 0 Å². The lowest BCUT2D eigenvalue weighted by Crippen LogP contribution is -2.43. The lowest BCUT2D eigenvalue weighted by Gasteiger charge is -2.39. The molecule has 36 heavy (non-hydrogen) atoms. The Morgan fingerprint density at radius 3 is 2.53 bits per heavy atom. The van der Waals surface area contributed by atoms with E-state index in [2.05, 4.69) is 0 Å². The fraction of sp³-hybridized carbons (Fsp3) is 0.500. The van der Waals surface area contributed by atoms with Crippen molar-refractivity contribution >= 4 is 28.7 Å². The fourth-order valence-corrected chi connectivity index (χ4v) is 5.72. The Bertz CT molecular complexity index is 1110. The number of carbonyl (C=O) groups is 2. The molecule has 0 aromatic heterocycles. The number of thioether (sulfide) groups is 1. The number of likely N-dealkylation sites (N-methyl/N-ethyl adjacent to an activating group) is 1. The van der Waals surface area contributed by atoms with Crippen LogP contribution in [0.15, 0.2) is 45.6 Å². The minimum Gasteiger partial charge on any atom is -0.497 e. The van der Waals surface area contributed by atoms with E-state index in [0.29, 0.717) is 62.2 Å². The van der Waals surface area contributed by atoms with Gasteiger partial charge in [0.25, 0.3) is 5.91 Å². The molecule has 1 aromatic rings. The van der Waals surface area contributed by atoms with Gasteiger partial charge in [0.15, 0.2) is 5.17 Å². The molecule has 0 bridgehead atoms. The number of amides is 2. The van der Waals surface area contributed by atoms with Crippen LogP contribution in [0, 0.1) is 0 Å². The molecule has 1 fully saturated rings. The number of rotatable bonds is 8. The Morgan fingerprint density at radius 1 is 1.17 bits per heavy atom. The van der Waals surface area contributed by atoms with Crippen LogP contribution in [0.3, 0.4) is 0 Å². The van der Waals surface area contributed by atoms with Crippen molar-refractivity contribution in [1.82, 2.24) is 14.7 Å². The highest BCUT2D eigenvalue weighted by atomic mass is 32.2. The van der Waals surface area contributed by atoms with Crippen LogP contribution < -0.4 is 9.47 Å². The number of benzene rings is 1. The van der Waals surface area contributed by atoms with Gasteiger partial charge in [-0.05, 0) is 44.4 Å². The van der Waals surface area contributed by atoms with Gasteiger partial charge in [0.05, 0.1) is 51.2 Å². The minimum absolute atomic E-state index is 0.0330. The number of fused-ring (bicyclic) bond motifs is 1. The zero-order valence-corrected chi connectivity index (χ0v) is 22.4. The summed E-state index contributed by atoms with van der Waals surface area (Å²) < 4.78 is 16.7. The summed E-state index contributed by atoms with van der Waals surface area (Å²) in [7, 11) is 3.23. The summed E-state index contributed by atoms with van der Waals surface area (Å²) >= 11 is 1.47. The average Bonchev–Trinajstić information content (AvgIpc) is 3.30. The SMILES string of the molecule is CCN(CC)C(=O)C1=C(C)N=C2SC=C(CC(=O)N3CCOCC3)N2[C@@H]1c1cc(OC)ccc1OC. The second-order valence-electron chi connectivity index (χ2n) is 8.65. The molecule has 3 aliphatic heterocycles. The molecule has 0 N–H and O–H groups in total. The first-order chi connectivity index (χ1) is 17.4. The lowest BCUT2D eigenvalue weighted by atomic mass is 9.91. The maximum atomic E-state index is 13.9. The molecule has 0 radical (unpaired) electrons. The molecule has 3 aliphatic rings. The van der Waals surface area contributed by atoms with Crippen molar-refractivity contribution < 1.29 is 23.8 Å². The van der Waals surface area contributed by atoms with Gasteiger partial charge in [-0.15, -0.1) is 0 Å². The summed E-state index contributed by atoms with van der Waals surface area (Å²) in [6.07, 6.45) is 0.209. The Labute approximate surface area is 216 Å². The number of morpholine rings is 1. The zero-order valence-electron chi connectivity index (χ0n) is 21.6. The Hall–Kier alpha value is -2.98. The summed E-state index contributed by atoms with van der Waals surface area (Å²) in [4.78, 5) is 37.5. The normalized spacial score (nSPS) is 19.5. The molecule has 1 atom stereocenters. The topological polar surface area (TPSA) is 83.9 Å². The summed E-state index contributed by atoms with van der Waals surface area (Å²) in [6, 6.07) is 5.06. The third kappa shape index (κ3) is 4.97. The quantitative estimate of drug-likeness (QED) is 0.526. The maximum Gasteiger partial charge on any atom is 0.254 e. The van der Waals surface area contributed by atoms with Gasteiger partial charge < -0.3 is 28.9 Å². The number of amidine groups is 1. The molecule has 4 rings (SSSR count). The van der Waals surface area contributed by atoms with Crippen molar-refractivity contribution in [3.05, 3.63) is 46.1 Å². The first kappa shape index (κ1) is 26.1. The van der Waals surface area contributed by atoms with Crippen molar-refractivity contribution in [2.45, 2.75) is 33.2 Å². The van der Waals surface area contributed by atoms with E-state index in [0.717, 1.165) is 16.4 Å². The predicted molar refractivity (Wildman–Crippen MR) is 140 cm³/mol. The lowest BCUT2D eigenvalue weighted by molar-refractivity contribution is -0.134. The highest BCUT2D eigenvalue weighted by Gasteiger charge is 2.43. The molecule has 9 nitrogen and oxygen atoms in total. The molecule has 3 heterocycles. The largest absolute Gasteiger partial charge is 0.497 e. The molecular formula is C26H34N4O5S. The Morgan fingerprint density at radius 2 is 1.89 bits per heavy atom. The van der Waals surface area contributed by atoms with E-state index in [1.165, 1.54) is 11.8 Å². The number of carbonyl (C=O) groups excluding carboxylic acids is 2. The van der Waals surface area contributed by atoms with Crippen molar-refractivity contribution in [2.75, 3.05) is 53.6 Å². The number of hydrogen-bond acceptors (Lipinski definition) is 8. The predicted octanol–water partition coefficient (Wildman–Crippen LogP) is 3.40. The second kappa shape index (κ2) is 11.4. The molecule has 10 heteroatoms. The molecule has 194 valence electrons. The van der Waals surface area contributed by atoms with Crippen molar-refractivity contribution in [1.29, 1.82) is 0 Å². The molecule has 2 amide bonds. The van der Waals surface area contributed by atoms with Crippen molar-refractivity contribution in [3.8, 4) is 11.5 Å². The standard InChI is InChI=1S/C26H34N4O5S/c1-6-28(7-2)25(32)23-17(3)27-26-30(24(23)20-15-19(33-4)8-9-21(20)34-5)18(16-36-26)14-22(31)29-10-12-35-13-11-29/h8-9,15-16,24H,6-7,10-14H2,1-5H3/t24-/m1/s1. The smallest absolute Gasteiger partial charge is 0.254 e. The van der Waals surface area contributed by atoms with Gasteiger partial charge in [0.2, 0.25) is 5.91 Å². The fourth-order valence-electron chi connectivity index (χ4n) is 4.75. The van der Waals surface area contributed by atoms with Crippen LogP contribution in [0.5, 0.6) is 11.5 Å². The van der Waals surface area contributed by atoms with E-state index >= 15 is 0 Å². The van der Waals surface area contributed by atoms with E-state index in [9.17, 15) is 9.59 Å². The number of nitrogens with zero attached hydrogens (tertiary/aromatic N) is 4. The number of aliphatic imine (C=N–C) groups is 1. The van der Waals surface area contributed by atoms with Crippen LogP contribution in [0.2, 0.25) is 0 Å². The first-order valence-corrected chi connectivity index (χ1v) is 13.1. The van der Waals surface area contributed by atoms with Crippen LogP contribution in [0.1, 0.15) is 38.8 Å². The first-order valence-electron chi connectivity index (χ1n) is 12.2. The average molecular weight is 515 g/mol. The summed E-state index contributed by atoms with van der Waals surface area (Å²) in [6.45, 7) is 9.22. The third-order valence-electron chi connectivity index (χ3n) is 6.71. The van der Waals surface area contributed by atoms with Crippen LogP contribution in [-0.4, -0.2) is 85.3 Å². The molecular weight excluding hydrogens is 480 g/mol. The van der Waals surface area contributed by atoms with Gasteiger partial charge in [0.1, 0.15) is 11.5 Å². The van der Waals surface area contributed by atoms with E-state index in [-0.39, 0.29) is 18.2 Å². The monoisotopic (exact) mass is 514 g/mol. The Kier molecular flexibility index (Phi) is 8.25. The van der Waals surface area contributed by atoms with Gasteiger partial charge >= 0.3 is 0 Å². The second-order valence-corrected chi connectivity index (χ2v) is 9.48. The number of methoxy groups -OCH3 is 2. The van der Waals surface area contributed by atoms with Crippen molar-refractivity contribution in [2.24, 2.45) is 4.99 Å². The van der Waals surface area contributed by atoms with Gasteiger partial charge in [-0.1, -0.05) is 11.8 Å². The van der Waals surface area contributed by atoms with Crippen LogP contribution >= 0.6 is 11.8 Å². The van der Waals surface area contributed by atoms with Gasteiger partial charge in [-0.3, -0.25) is 9.59 Å². The highest BCUT2D eigenvalue weighted by molar-refractivity contribution is 8.16. The number of allylic oxidation sites excluding steroid dienone is 1. The van der Waals surface area contributed by atoms with Gasteiger partial charge in [-0.25, -0.2) is 4.99 Å². The maximum absolute atomic E-state index is 13.9. The summed E-state index contributed by atoms with van der Waals surface area (Å²) in [5.41, 5.74) is 2.82. The van der Waals surface area contributed by atoms with E-state index in [4.69, 9.17) is 19.2 Å². The van der Waals surface area contributed by atoms with Gasteiger partial charge in [-0.2, -0.15) is 0 Å². The van der Waals surface area contributed by atoms with Gasteiger partial charge in [0, 0.05) is 37.4 Å². The Balaban J connectivity index is 1.80. The third-order valence-corrected chi connectivity index (χ3v) is 7.60. The molecule has 0 unspecified atom stereocenters. The summed E-state index contributed by atoms with van der Waals surface area (Å²) in [5.74, 6) is 1.25. The van der Waals surface area contributed by atoms with E-state index in [1.807, 2.05) is 54.2 Å². The molecule has 1 saturated heterocycles. The highest BCUT2D eigenvalue weighted by Crippen LogP contribution is 2.48.